The molecule has 0 amide bonds. The lowest BCUT2D eigenvalue weighted by Gasteiger charge is -2.24. The van der Waals surface area contributed by atoms with Crippen LogP contribution in [0, 0.1) is 17.2 Å². The van der Waals surface area contributed by atoms with Gasteiger partial charge in [0, 0.05) is 19.0 Å². The van der Waals surface area contributed by atoms with Crippen molar-refractivity contribution in [2.24, 2.45) is 5.92 Å². The van der Waals surface area contributed by atoms with Crippen LogP contribution in [-0.2, 0) is 0 Å². The highest BCUT2D eigenvalue weighted by Gasteiger charge is 2.28. The van der Waals surface area contributed by atoms with Crippen LogP contribution in [0.4, 0.5) is 0 Å². The van der Waals surface area contributed by atoms with Crippen LogP contribution in [0.5, 0.6) is 0 Å². The predicted octanol–water partition coefficient (Wildman–Crippen LogP) is 2.02. The normalized spacial score (nSPS) is 30.4. The Morgan fingerprint density at radius 3 is 2.92 bits per heavy atom. The van der Waals surface area contributed by atoms with Gasteiger partial charge in [0.1, 0.15) is 0 Å². The van der Waals surface area contributed by atoms with Crippen LogP contribution >= 0.6 is 0 Å². The van der Waals surface area contributed by atoms with E-state index in [1.54, 1.807) is 0 Å². The molecule has 0 N–H and O–H groups in total. The lowest BCUT2D eigenvalue weighted by atomic mass is 10.0. The summed E-state index contributed by atoms with van der Waals surface area (Å²) in [5, 5.41) is 8.47. The first-order valence-electron chi connectivity index (χ1n) is 4.90. The second-order valence-corrected chi connectivity index (χ2v) is 3.69. The van der Waals surface area contributed by atoms with Gasteiger partial charge < -0.3 is 0 Å². The Hall–Kier alpha value is -0.550. The van der Waals surface area contributed by atoms with Gasteiger partial charge in [0.25, 0.3) is 0 Å². The summed E-state index contributed by atoms with van der Waals surface area (Å²) in [6.45, 7) is 6.73. The van der Waals surface area contributed by atoms with E-state index in [1.807, 2.05) is 0 Å². The third-order valence-electron chi connectivity index (χ3n) is 2.93. The number of rotatable bonds is 3. The van der Waals surface area contributed by atoms with Gasteiger partial charge in [-0.3, -0.25) is 4.90 Å². The zero-order chi connectivity index (χ0) is 8.97. The highest BCUT2D eigenvalue weighted by Crippen LogP contribution is 2.25. The Morgan fingerprint density at radius 2 is 2.33 bits per heavy atom. The SMILES string of the molecule is CCC1C(C)CCN1CCC#N. The molecule has 2 nitrogen and oxygen atoms in total. The monoisotopic (exact) mass is 166 g/mol. The van der Waals surface area contributed by atoms with E-state index < -0.39 is 0 Å². The van der Waals surface area contributed by atoms with E-state index in [9.17, 15) is 0 Å². The van der Waals surface area contributed by atoms with Crippen molar-refractivity contribution in [1.29, 1.82) is 5.26 Å². The minimum atomic E-state index is 0.684. The molecule has 1 heterocycles. The van der Waals surface area contributed by atoms with Gasteiger partial charge in [-0.1, -0.05) is 13.8 Å². The van der Waals surface area contributed by atoms with Crippen molar-refractivity contribution in [1.82, 2.24) is 4.90 Å². The van der Waals surface area contributed by atoms with Gasteiger partial charge in [-0.2, -0.15) is 5.26 Å². The fraction of sp³-hybridized carbons (Fsp3) is 0.900. The van der Waals surface area contributed by atoms with E-state index in [4.69, 9.17) is 5.26 Å². The van der Waals surface area contributed by atoms with E-state index in [2.05, 4.69) is 24.8 Å². The van der Waals surface area contributed by atoms with Gasteiger partial charge >= 0.3 is 0 Å². The van der Waals surface area contributed by atoms with Gasteiger partial charge in [-0.15, -0.1) is 0 Å². The molecular weight excluding hydrogens is 148 g/mol. The molecule has 1 aliphatic rings. The van der Waals surface area contributed by atoms with Crippen molar-refractivity contribution in [3.63, 3.8) is 0 Å². The number of nitrogens with zero attached hydrogens (tertiary/aromatic N) is 2. The molecule has 12 heavy (non-hydrogen) atoms. The second kappa shape index (κ2) is 4.47. The summed E-state index contributed by atoms with van der Waals surface area (Å²) in [6.07, 6.45) is 3.22. The average Bonchev–Trinajstić information content (AvgIpc) is 2.43. The summed E-state index contributed by atoms with van der Waals surface area (Å²) in [6, 6.07) is 2.95. The number of hydrogen-bond donors (Lipinski definition) is 0. The van der Waals surface area contributed by atoms with Gasteiger partial charge in [-0.25, -0.2) is 0 Å². The second-order valence-electron chi connectivity index (χ2n) is 3.69. The Bertz CT molecular complexity index is 171. The van der Waals surface area contributed by atoms with E-state index in [0.717, 1.165) is 18.5 Å². The molecule has 0 radical (unpaired) electrons. The topological polar surface area (TPSA) is 27.0 Å². The summed E-state index contributed by atoms with van der Waals surface area (Å²) in [5.41, 5.74) is 0. The van der Waals surface area contributed by atoms with Gasteiger partial charge in [0.05, 0.1) is 6.07 Å². The Labute approximate surface area is 75.2 Å². The molecule has 0 saturated carbocycles. The van der Waals surface area contributed by atoms with Crippen molar-refractivity contribution in [2.45, 2.75) is 39.2 Å². The zero-order valence-electron chi connectivity index (χ0n) is 8.08. The summed E-state index contributed by atoms with van der Waals surface area (Å²) in [4.78, 5) is 2.47. The molecule has 0 spiro atoms. The summed E-state index contributed by atoms with van der Waals surface area (Å²) in [7, 11) is 0. The third-order valence-corrected chi connectivity index (χ3v) is 2.93. The fourth-order valence-corrected chi connectivity index (χ4v) is 2.22. The van der Waals surface area contributed by atoms with Gasteiger partial charge in [0.2, 0.25) is 0 Å². The molecule has 1 fully saturated rings. The van der Waals surface area contributed by atoms with Crippen LogP contribution in [0.15, 0.2) is 0 Å². The maximum atomic E-state index is 8.47. The average molecular weight is 166 g/mol. The maximum Gasteiger partial charge on any atom is 0.0635 e. The third kappa shape index (κ3) is 1.98. The van der Waals surface area contributed by atoms with E-state index >= 15 is 0 Å². The van der Waals surface area contributed by atoms with E-state index in [1.165, 1.54) is 19.4 Å². The minimum absolute atomic E-state index is 0.684. The molecule has 1 rings (SSSR count). The van der Waals surface area contributed by atoms with Crippen LogP contribution in [-0.4, -0.2) is 24.0 Å². The molecule has 0 aromatic carbocycles. The molecule has 0 aromatic rings. The molecule has 2 heteroatoms. The quantitative estimate of drug-likeness (QED) is 0.641. The summed E-state index contributed by atoms with van der Waals surface area (Å²) >= 11 is 0. The van der Waals surface area contributed by atoms with Crippen molar-refractivity contribution < 1.29 is 0 Å². The highest BCUT2D eigenvalue weighted by molar-refractivity contribution is 4.85. The predicted molar refractivity (Wildman–Crippen MR) is 49.7 cm³/mol. The first-order chi connectivity index (χ1) is 5.79. The van der Waals surface area contributed by atoms with Crippen LogP contribution in [0.3, 0.4) is 0 Å². The lowest BCUT2D eigenvalue weighted by molar-refractivity contribution is 0.230. The molecular formula is C10H18N2. The molecule has 1 aliphatic heterocycles. The zero-order valence-corrected chi connectivity index (χ0v) is 8.08. The molecule has 68 valence electrons. The smallest absolute Gasteiger partial charge is 0.0635 e. The van der Waals surface area contributed by atoms with Crippen LogP contribution < -0.4 is 0 Å². The minimum Gasteiger partial charge on any atom is -0.299 e. The van der Waals surface area contributed by atoms with Crippen molar-refractivity contribution in [3.8, 4) is 6.07 Å². The van der Waals surface area contributed by atoms with Gasteiger partial charge in [0.15, 0.2) is 0 Å². The number of hydrogen-bond acceptors (Lipinski definition) is 2. The molecule has 1 saturated heterocycles. The highest BCUT2D eigenvalue weighted by atomic mass is 15.2. The fourth-order valence-electron chi connectivity index (χ4n) is 2.22. The van der Waals surface area contributed by atoms with Crippen molar-refractivity contribution >= 4 is 0 Å². The maximum absolute atomic E-state index is 8.47. The summed E-state index contributed by atoms with van der Waals surface area (Å²) < 4.78 is 0. The first kappa shape index (κ1) is 9.54. The Kier molecular flexibility index (Phi) is 3.55. The van der Waals surface area contributed by atoms with Crippen LogP contribution in [0.2, 0.25) is 0 Å². The standard InChI is InChI=1S/C10H18N2/c1-3-10-9(2)5-8-12(10)7-4-6-11/h9-10H,3-5,7-8H2,1-2H3. The summed E-state index contributed by atoms with van der Waals surface area (Å²) in [5.74, 6) is 0.827. The molecule has 0 bridgehead atoms. The number of likely N-dealkylation sites (tertiary alicyclic amines) is 1. The molecule has 2 unspecified atom stereocenters. The molecule has 0 aliphatic carbocycles. The van der Waals surface area contributed by atoms with Crippen LogP contribution in [0.1, 0.15) is 33.1 Å². The van der Waals surface area contributed by atoms with Crippen molar-refractivity contribution in [2.75, 3.05) is 13.1 Å². The largest absolute Gasteiger partial charge is 0.299 e. The van der Waals surface area contributed by atoms with E-state index in [-0.39, 0.29) is 0 Å². The number of nitriles is 1. The Morgan fingerprint density at radius 1 is 1.58 bits per heavy atom. The lowest BCUT2D eigenvalue weighted by Crippen LogP contribution is -2.32. The first-order valence-corrected chi connectivity index (χ1v) is 4.90. The molecule has 2 atom stereocenters. The van der Waals surface area contributed by atoms with Crippen molar-refractivity contribution in [3.05, 3.63) is 0 Å². The Balaban J connectivity index is 2.39. The van der Waals surface area contributed by atoms with Crippen LogP contribution in [0.25, 0.3) is 0 Å². The van der Waals surface area contributed by atoms with E-state index in [0.29, 0.717) is 6.42 Å². The van der Waals surface area contributed by atoms with Gasteiger partial charge in [-0.05, 0) is 25.3 Å². The molecule has 0 aromatic heterocycles.